The maximum atomic E-state index is 8.92. The molecular weight excluding hydrogens is 408 g/mol. The van der Waals surface area contributed by atoms with E-state index in [9.17, 15) is 0 Å². The summed E-state index contributed by atoms with van der Waals surface area (Å²) >= 11 is 3.78. The van der Waals surface area contributed by atoms with E-state index in [0.717, 1.165) is 18.1 Å². The lowest BCUT2D eigenvalue weighted by Crippen LogP contribution is -2.09. The number of halogens is 1. The van der Waals surface area contributed by atoms with Crippen LogP contribution in [0.4, 0.5) is 0 Å². The summed E-state index contributed by atoms with van der Waals surface area (Å²) in [6.45, 7) is 0.877. The van der Waals surface area contributed by atoms with Crippen LogP contribution in [0.3, 0.4) is 0 Å². The van der Waals surface area contributed by atoms with E-state index in [1.54, 1.807) is 6.20 Å². The molecule has 3 aromatic rings. The summed E-state index contributed by atoms with van der Waals surface area (Å²) < 4.78 is 2.47. The van der Waals surface area contributed by atoms with Gasteiger partial charge >= 0.3 is 0 Å². The first-order valence-electron chi connectivity index (χ1n) is 8.44. The van der Waals surface area contributed by atoms with Gasteiger partial charge in [0.25, 0.3) is 0 Å². The molecule has 0 bridgehead atoms. The number of benzene rings is 2. The lowest BCUT2D eigenvalue weighted by Gasteiger charge is -2.17. The lowest BCUT2D eigenvalue weighted by molar-refractivity contribution is 0.750. The molecule has 0 N–H and O–H groups in total. The Morgan fingerprint density at radius 2 is 1.36 bits per heavy atom. The molecule has 0 unspecified atom stereocenters. The molecule has 1 heterocycles. The second-order valence-electron chi connectivity index (χ2n) is 5.93. The van der Waals surface area contributed by atoms with Crippen LogP contribution in [-0.4, -0.2) is 14.1 Å². The first-order valence-corrected chi connectivity index (χ1v) is 10.5. The molecule has 0 radical (unpaired) electrons. The Balaban J connectivity index is 0.00000280. The normalized spacial score (nSPS) is 10.1. The van der Waals surface area contributed by atoms with Gasteiger partial charge in [0.2, 0.25) is 0 Å². The minimum Gasteiger partial charge on any atom is -0.336 e. The van der Waals surface area contributed by atoms with Gasteiger partial charge < -0.3 is 4.57 Å². The highest BCUT2D eigenvalue weighted by Crippen LogP contribution is 2.31. The van der Waals surface area contributed by atoms with Crippen molar-refractivity contribution in [1.29, 1.82) is 10.5 Å². The maximum absolute atomic E-state index is 8.92. The Morgan fingerprint density at radius 3 is 1.75 bits per heavy atom. The largest absolute Gasteiger partial charge is 0.336 e. The van der Waals surface area contributed by atoms with Crippen LogP contribution in [-0.2, 0) is 18.1 Å². The fraction of sp³-hybridized carbons (Fsp3) is 0.190. The van der Waals surface area contributed by atoms with Crippen LogP contribution in [0.15, 0.2) is 67.3 Å². The molecule has 0 aliphatic heterocycles. The number of nitriles is 2. The molecule has 0 amide bonds. The van der Waals surface area contributed by atoms with Crippen LogP contribution in [0.1, 0.15) is 22.3 Å². The smallest absolute Gasteiger partial charge is 0.0991 e. The number of imidazole rings is 1. The molecule has 2 aromatic carbocycles. The molecule has 0 saturated heterocycles. The first-order chi connectivity index (χ1) is 13.3. The summed E-state index contributed by atoms with van der Waals surface area (Å²) in [6, 6.07) is 19.8. The van der Waals surface area contributed by atoms with E-state index in [-0.39, 0.29) is 12.4 Å². The predicted molar refractivity (Wildman–Crippen MR) is 118 cm³/mol. The number of hydrogen-bond donors (Lipinski definition) is 0. The molecule has 0 atom stereocenters. The number of rotatable bonds is 8. The Hall–Kier alpha value is -2.38. The Morgan fingerprint density at radius 1 is 0.857 bits per heavy atom. The summed E-state index contributed by atoms with van der Waals surface area (Å²) in [5, 5.41) is 17.8. The minimum atomic E-state index is 0. The Bertz CT molecular complexity index is 865. The van der Waals surface area contributed by atoms with E-state index < -0.39 is 0 Å². The monoisotopic (exact) mass is 426 g/mol. The average Bonchev–Trinajstić information content (AvgIpc) is 3.24. The van der Waals surface area contributed by atoms with Crippen molar-refractivity contribution in [2.75, 3.05) is 0 Å². The van der Waals surface area contributed by atoms with E-state index in [4.69, 9.17) is 10.5 Å². The lowest BCUT2D eigenvalue weighted by atomic mass is 10.2. The summed E-state index contributed by atoms with van der Waals surface area (Å²) in [5.41, 5.74) is 3.81. The van der Waals surface area contributed by atoms with Crippen LogP contribution in [0.5, 0.6) is 0 Å². The minimum absolute atomic E-state index is 0. The zero-order chi connectivity index (χ0) is 18.9. The summed E-state index contributed by atoms with van der Waals surface area (Å²) in [5.74, 6) is 1.79. The fourth-order valence-electron chi connectivity index (χ4n) is 2.45. The third kappa shape index (κ3) is 6.65. The van der Waals surface area contributed by atoms with Crippen molar-refractivity contribution < 1.29 is 0 Å². The summed E-state index contributed by atoms with van der Waals surface area (Å²) in [7, 11) is 0. The van der Waals surface area contributed by atoms with Crippen molar-refractivity contribution in [2.24, 2.45) is 0 Å². The van der Waals surface area contributed by atoms with Gasteiger partial charge in [-0.05, 0) is 35.4 Å². The van der Waals surface area contributed by atoms with Crippen molar-refractivity contribution in [3.8, 4) is 12.1 Å². The maximum Gasteiger partial charge on any atom is 0.0991 e. The topological polar surface area (TPSA) is 65.4 Å². The second kappa shape index (κ2) is 11.5. The summed E-state index contributed by atoms with van der Waals surface area (Å²) in [6.07, 6.45) is 5.63. The molecule has 0 aliphatic carbocycles. The molecule has 3 rings (SSSR count). The zero-order valence-electron chi connectivity index (χ0n) is 15.1. The van der Waals surface area contributed by atoms with Gasteiger partial charge in [0.15, 0.2) is 0 Å². The third-order valence-electron chi connectivity index (χ3n) is 3.96. The van der Waals surface area contributed by atoms with Crippen molar-refractivity contribution in [2.45, 2.75) is 22.6 Å². The molecule has 1 aromatic heterocycles. The first kappa shape index (κ1) is 21.9. The highest BCUT2D eigenvalue weighted by molar-refractivity contribution is 8.16. The van der Waals surface area contributed by atoms with Crippen LogP contribution in [0.2, 0.25) is 0 Å². The van der Waals surface area contributed by atoms with Crippen LogP contribution in [0, 0.1) is 22.7 Å². The third-order valence-corrected chi connectivity index (χ3v) is 6.82. The fourth-order valence-corrected chi connectivity index (χ4v) is 4.94. The van der Waals surface area contributed by atoms with Gasteiger partial charge in [0, 0.05) is 30.4 Å². The molecular formula is C21H19ClN4S2. The predicted octanol–water partition coefficient (Wildman–Crippen LogP) is 5.24. The van der Waals surface area contributed by atoms with Gasteiger partial charge in [0.05, 0.1) is 34.2 Å². The SMILES string of the molecule is Cl.N#Cc1ccc(CSC(Cn2ccnc2)SCc2ccc(C#N)cc2)cc1. The quantitative estimate of drug-likeness (QED) is 0.460. The van der Waals surface area contributed by atoms with Gasteiger partial charge in [-0.25, -0.2) is 4.98 Å². The number of thioether (sulfide) groups is 2. The van der Waals surface area contributed by atoms with Gasteiger partial charge in [-0.2, -0.15) is 10.5 Å². The van der Waals surface area contributed by atoms with E-state index in [0.29, 0.717) is 15.7 Å². The molecule has 4 nitrogen and oxygen atoms in total. The molecule has 28 heavy (non-hydrogen) atoms. The van der Waals surface area contributed by atoms with Crippen LogP contribution >= 0.6 is 35.9 Å². The second-order valence-corrected chi connectivity index (χ2v) is 8.61. The Labute approximate surface area is 180 Å². The van der Waals surface area contributed by atoms with E-state index in [1.165, 1.54) is 11.1 Å². The van der Waals surface area contributed by atoms with E-state index in [2.05, 4.69) is 21.7 Å². The highest BCUT2D eigenvalue weighted by Gasteiger charge is 2.12. The molecule has 0 saturated carbocycles. The van der Waals surface area contributed by atoms with Crippen molar-refractivity contribution in [1.82, 2.24) is 9.55 Å². The van der Waals surface area contributed by atoms with Gasteiger partial charge in [-0.3, -0.25) is 0 Å². The highest BCUT2D eigenvalue weighted by atomic mass is 35.5. The van der Waals surface area contributed by atoms with Crippen molar-refractivity contribution in [3.05, 3.63) is 89.5 Å². The zero-order valence-corrected chi connectivity index (χ0v) is 17.5. The van der Waals surface area contributed by atoms with Crippen LogP contribution in [0.25, 0.3) is 0 Å². The van der Waals surface area contributed by atoms with Crippen molar-refractivity contribution in [3.63, 3.8) is 0 Å². The van der Waals surface area contributed by atoms with Crippen LogP contribution < -0.4 is 0 Å². The van der Waals surface area contributed by atoms with Gasteiger partial charge in [-0.1, -0.05) is 24.3 Å². The molecule has 0 spiro atoms. The molecule has 7 heteroatoms. The molecule has 142 valence electrons. The average molecular weight is 427 g/mol. The molecule has 0 fully saturated rings. The van der Waals surface area contributed by atoms with Gasteiger partial charge in [0.1, 0.15) is 0 Å². The van der Waals surface area contributed by atoms with E-state index in [1.807, 2.05) is 84.6 Å². The Kier molecular flexibility index (Phi) is 8.97. The number of nitrogens with zero attached hydrogens (tertiary/aromatic N) is 4. The standard InChI is InChI=1S/C21H18N4S2.ClH/c22-11-17-1-5-19(6-2-17)14-26-21(13-25-10-9-24-16-25)27-15-20-7-3-18(12-23)4-8-20;/h1-10,16,21H,13-15H2;1H. The van der Waals surface area contributed by atoms with Crippen molar-refractivity contribution >= 4 is 35.9 Å². The number of aromatic nitrogens is 2. The van der Waals surface area contributed by atoms with E-state index >= 15 is 0 Å². The summed E-state index contributed by atoms with van der Waals surface area (Å²) in [4.78, 5) is 4.13. The molecule has 0 aliphatic rings. The van der Waals surface area contributed by atoms with Gasteiger partial charge in [-0.15, -0.1) is 35.9 Å². The number of hydrogen-bond acceptors (Lipinski definition) is 5.